The van der Waals surface area contributed by atoms with Gasteiger partial charge in [0, 0.05) is 40.3 Å². The summed E-state index contributed by atoms with van der Waals surface area (Å²) in [5.74, 6) is -0.274. The summed E-state index contributed by atoms with van der Waals surface area (Å²) < 4.78 is 26.4. The molecule has 0 saturated carbocycles. The van der Waals surface area contributed by atoms with Crippen LogP contribution in [-0.2, 0) is 16.4 Å². The molecule has 0 aliphatic rings. The van der Waals surface area contributed by atoms with Crippen LogP contribution in [0.5, 0.6) is 0 Å². The minimum atomic E-state index is -3.66. The Morgan fingerprint density at radius 1 is 1.00 bits per heavy atom. The number of amides is 1. The Hall–Kier alpha value is -2.38. The van der Waals surface area contributed by atoms with E-state index in [4.69, 9.17) is 0 Å². The van der Waals surface area contributed by atoms with Crippen molar-refractivity contribution in [1.82, 2.24) is 9.62 Å². The van der Waals surface area contributed by atoms with E-state index < -0.39 is 10.0 Å². The fourth-order valence-electron chi connectivity index (χ4n) is 2.67. The maximum Gasteiger partial charge on any atom is 0.251 e. The highest BCUT2D eigenvalue weighted by atomic mass is 32.2. The lowest BCUT2D eigenvalue weighted by molar-refractivity contribution is 0.0953. The molecule has 146 valence electrons. The van der Waals surface area contributed by atoms with Gasteiger partial charge in [-0.15, -0.1) is 0 Å². The van der Waals surface area contributed by atoms with Crippen molar-refractivity contribution in [3.8, 4) is 0 Å². The van der Waals surface area contributed by atoms with Gasteiger partial charge in [0.05, 0.1) is 5.69 Å². The van der Waals surface area contributed by atoms with E-state index in [-0.39, 0.29) is 10.8 Å². The fourth-order valence-corrected chi connectivity index (χ4v) is 3.85. The van der Waals surface area contributed by atoms with Gasteiger partial charge in [0.1, 0.15) is 4.90 Å². The Kier molecular flexibility index (Phi) is 6.98. The van der Waals surface area contributed by atoms with Crippen LogP contribution in [0.15, 0.2) is 53.4 Å². The molecular weight excluding hydrogens is 362 g/mol. The van der Waals surface area contributed by atoms with Gasteiger partial charge in [-0.25, -0.2) is 12.7 Å². The third kappa shape index (κ3) is 5.30. The van der Waals surface area contributed by atoms with E-state index in [2.05, 4.69) is 17.4 Å². The van der Waals surface area contributed by atoms with E-state index in [0.717, 1.165) is 17.1 Å². The van der Waals surface area contributed by atoms with Gasteiger partial charge in [0.15, 0.2) is 0 Å². The summed E-state index contributed by atoms with van der Waals surface area (Å²) in [6, 6.07) is 14.8. The molecule has 0 bridgehead atoms. The molecule has 2 aromatic carbocycles. The Morgan fingerprint density at radius 2 is 1.67 bits per heavy atom. The zero-order chi connectivity index (χ0) is 20.0. The molecule has 0 unspecified atom stereocenters. The van der Waals surface area contributed by atoms with Crippen molar-refractivity contribution in [3.63, 3.8) is 0 Å². The first kappa shape index (κ1) is 20.9. The van der Waals surface area contributed by atoms with Crippen molar-refractivity contribution >= 4 is 21.6 Å². The second-order valence-corrected chi connectivity index (χ2v) is 8.83. The Morgan fingerprint density at radius 3 is 2.26 bits per heavy atom. The summed E-state index contributed by atoms with van der Waals surface area (Å²) in [5.41, 5.74) is 2.10. The lowest BCUT2D eigenvalue weighted by atomic mass is 10.1. The molecule has 0 saturated heterocycles. The minimum absolute atomic E-state index is 0.120. The van der Waals surface area contributed by atoms with Gasteiger partial charge in [-0.1, -0.05) is 30.3 Å². The molecule has 6 nitrogen and oxygen atoms in total. The molecule has 0 fully saturated rings. The molecule has 0 aliphatic carbocycles. The number of carbonyl (C=O) groups excluding carboxylic acids is 1. The number of aryl methyl sites for hydroxylation is 1. The van der Waals surface area contributed by atoms with Crippen molar-refractivity contribution in [1.29, 1.82) is 0 Å². The Labute approximate surface area is 161 Å². The summed E-state index contributed by atoms with van der Waals surface area (Å²) >= 11 is 0. The largest absolute Gasteiger partial charge is 0.377 e. The predicted molar refractivity (Wildman–Crippen MR) is 109 cm³/mol. The summed E-state index contributed by atoms with van der Waals surface area (Å²) in [6.07, 6.45) is 1.69. The van der Waals surface area contributed by atoms with Gasteiger partial charge in [-0.05, 0) is 36.6 Å². The lowest BCUT2D eigenvalue weighted by Crippen LogP contribution is -2.27. The molecule has 0 spiro atoms. The van der Waals surface area contributed by atoms with Crippen LogP contribution in [0.1, 0.15) is 22.3 Å². The number of rotatable bonds is 8. The molecule has 27 heavy (non-hydrogen) atoms. The van der Waals surface area contributed by atoms with E-state index >= 15 is 0 Å². The van der Waals surface area contributed by atoms with Crippen LogP contribution >= 0.6 is 0 Å². The third-order valence-electron chi connectivity index (χ3n) is 4.23. The van der Waals surface area contributed by atoms with Crippen LogP contribution in [0, 0.1) is 0 Å². The Bertz CT molecular complexity index is 879. The second-order valence-electron chi connectivity index (χ2n) is 6.71. The van der Waals surface area contributed by atoms with Gasteiger partial charge >= 0.3 is 0 Å². The molecule has 1 N–H and O–H groups in total. The van der Waals surface area contributed by atoms with Gasteiger partial charge in [-0.2, -0.15) is 0 Å². The van der Waals surface area contributed by atoms with Gasteiger partial charge < -0.3 is 10.2 Å². The first-order valence-corrected chi connectivity index (χ1v) is 10.2. The van der Waals surface area contributed by atoms with Crippen molar-refractivity contribution in [3.05, 3.63) is 59.7 Å². The number of anilines is 1. The van der Waals surface area contributed by atoms with E-state index in [9.17, 15) is 13.2 Å². The highest BCUT2D eigenvalue weighted by Crippen LogP contribution is 2.27. The topological polar surface area (TPSA) is 69.7 Å². The molecule has 0 atom stereocenters. The van der Waals surface area contributed by atoms with E-state index in [1.807, 2.05) is 18.2 Å². The monoisotopic (exact) mass is 389 g/mol. The smallest absolute Gasteiger partial charge is 0.251 e. The average molecular weight is 390 g/mol. The summed E-state index contributed by atoms with van der Waals surface area (Å²) in [7, 11) is 2.84. The first-order valence-electron chi connectivity index (χ1n) is 8.79. The Balaban J connectivity index is 2.10. The summed E-state index contributed by atoms with van der Waals surface area (Å²) in [6.45, 7) is 0.527. The number of hydrogen-bond acceptors (Lipinski definition) is 4. The third-order valence-corrected chi connectivity index (χ3v) is 6.08. The van der Waals surface area contributed by atoms with Crippen molar-refractivity contribution in [2.24, 2.45) is 0 Å². The van der Waals surface area contributed by atoms with Crippen LogP contribution in [0.3, 0.4) is 0 Å². The number of sulfonamides is 1. The van der Waals surface area contributed by atoms with Gasteiger partial charge in [0.25, 0.3) is 5.91 Å². The fraction of sp³-hybridized carbons (Fsp3) is 0.350. The zero-order valence-corrected chi connectivity index (χ0v) is 17.1. The van der Waals surface area contributed by atoms with Crippen LogP contribution in [0.4, 0.5) is 5.69 Å². The van der Waals surface area contributed by atoms with Crippen LogP contribution in [0.2, 0.25) is 0 Å². The maximum atomic E-state index is 12.6. The molecule has 0 heterocycles. The standard InChI is InChI=1S/C20H27N3O3S/c1-22(2)18-13-12-17(15-19(18)27(25,26)23(3)4)20(24)21-14-8-11-16-9-6-5-7-10-16/h5-7,9-10,12-13,15H,8,11,14H2,1-4H3,(H,21,24). The molecule has 0 aliphatic heterocycles. The molecule has 2 rings (SSSR count). The molecule has 7 heteroatoms. The molecular formula is C20H27N3O3S. The maximum absolute atomic E-state index is 12.6. The van der Waals surface area contributed by atoms with E-state index in [1.165, 1.54) is 25.7 Å². The highest BCUT2D eigenvalue weighted by Gasteiger charge is 2.24. The first-order chi connectivity index (χ1) is 12.7. The zero-order valence-electron chi connectivity index (χ0n) is 16.3. The number of nitrogens with zero attached hydrogens (tertiary/aromatic N) is 2. The number of hydrogen-bond donors (Lipinski definition) is 1. The van der Waals surface area contributed by atoms with E-state index in [1.54, 1.807) is 31.1 Å². The van der Waals surface area contributed by atoms with E-state index in [0.29, 0.717) is 17.8 Å². The van der Waals surface area contributed by atoms with Crippen LogP contribution in [-0.4, -0.2) is 53.4 Å². The van der Waals surface area contributed by atoms with Crippen molar-refractivity contribution in [2.75, 3.05) is 39.6 Å². The predicted octanol–water partition coefficient (Wildman–Crippen LogP) is 2.37. The van der Waals surface area contributed by atoms with Crippen LogP contribution < -0.4 is 10.2 Å². The number of carbonyl (C=O) groups is 1. The normalized spacial score (nSPS) is 11.4. The molecule has 0 aromatic heterocycles. The molecule has 0 radical (unpaired) electrons. The molecule has 1 amide bonds. The van der Waals surface area contributed by atoms with Crippen molar-refractivity contribution in [2.45, 2.75) is 17.7 Å². The van der Waals surface area contributed by atoms with Crippen LogP contribution in [0.25, 0.3) is 0 Å². The summed E-state index contributed by atoms with van der Waals surface area (Å²) in [4.78, 5) is 14.3. The quantitative estimate of drug-likeness (QED) is 0.704. The van der Waals surface area contributed by atoms with Gasteiger partial charge in [0.2, 0.25) is 10.0 Å². The SMILES string of the molecule is CN(C)c1ccc(C(=O)NCCCc2ccccc2)cc1S(=O)(=O)N(C)C. The summed E-state index contributed by atoms with van der Waals surface area (Å²) in [5, 5.41) is 2.86. The number of benzene rings is 2. The highest BCUT2D eigenvalue weighted by molar-refractivity contribution is 7.89. The lowest BCUT2D eigenvalue weighted by Gasteiger charge is -2.20. The van der Waals surface area contributed by atoms with Crippen molar-refractivity contribution < 1.29 is 13.2 Å². The number of nitrogens with one attached hydrogen (secondary N) is 1. The van der Waals surface area contributed by atoms with Gasteiger partial charge in [-0.3, -0.25) is 4.79 Å². The second kappa shape index (κ2) is 9.01. The minimum Gasteiger partial charge on any atom is -0.377 e. The molecule has 2 aromatic rings. The average Bonchev–Trinajstić information content (AvgIpc) is 2.65.